The molecule has 1 atom stereocenters. The predicted molar refractivity (Wildman–Crippen MR) is 115 cm³/mol. The molecule has 6 nitrogen and oxygen atoms in total. The van der Waals surface area contributed by atoms with Crippen LogP contribution in [0.3, 0.4) is 0 Å². The van der Waals surface area contributed by atoms with E-state index in [-0.39, 0.29) is 29.9 Å². The highest BCUT2D eigenvalue weighted by Crippen LogP contribution is 2.15. The van der Waals surface area contributed by atoms with E-state index in [2.05, 4.69) is 41.2 Å². The van der Waals surface area contributed by atoms with Gasteiger partial charge in [-0.25, -0.2) is 0 Å². The number of carbonyl (C=O) groups excluding carboxylic acids is 1. The number of halogens is 1. The number of piperazine rings is 1. The van der Waals surface area contributed by atoms with E-state index in [1.165, 1.54) is 5.69 Å². The number of amides is 1. The highest BCUT2D eigenvalue weighted by Gasteiger charge is 2.20. The van der Waals surface area contributed by atoms with Crippen molar-refractivity contribution in [2.45, 2.75) is 32.7 Å². The number of benzene rings is 1. The highest BCUT2D eigenvalue weighted by molar-refractivity contribution is 14.0. The fourth-order valence-electron chi connectivity index (χ4n) is 2.68. The summed E-state index contributed by atoms with van der Waals surface area (Å²) in [5.41, 5.74) is 7.03. The predicted octanol–water partition coefficient (Wildman–Crippen LogP) is 2.05. The highest BCUT2D eigenvalue weighted by atomic mass is 127. The molecule has 0 saturated carbocycles. The van der Waals surface area contributed by atoms with Gasteiger partial charge in [-0.3, -0.25) is 9.79 Å². The smallest absolute Gasteiger partial charge is 0.224 e. The maximum atomic E-state index is 12.3. The number of hydrogen-bond acceptors (Lipinski definition) is 3. The Morgan fingerprint density at radius 1 is 1.24 bits per heavy atom. The fourth-order valence-corrected chi connectivity index (χ4v) is 2.68. The van der Waals surface area contributed by atoms with E-state index in [1.807, 2.05) is 23.1 Å². The van der Waals surface area contributed by atoms with Gasteiger partial charge in [-0.05, 0) is 25.5 Å². The van der Waals surface area contributed by atoms with Crippen LogP contribution in [0.25, 0.3) is 0 Å². The van der Waals surface area contributed by atoms with Crippen molar-refractivity contribution in [1.29, 1.82) is 0 Å². The van der Waals surface area contributed by atoms with Crippen LogP contribution in [0.1, 0.15) is 26.7 Å². The summed E-state index contributed by atoms with van der Waals surface area (Å²) in [5.74, 6) is 0.578. The number of nitrogens with one attached hydrogen (secondary N) is 1. The summed E-state index contributed by atoms with van der Waals surface area (Å²) in [6.45, 7) is 7.85. The van der Waals surface area contributed by atoms with E-state index < -0.39 is 0 Å². The molecule has 0 bridgehead atoms. The second-order valence-corrected chi connectivity index (χ2v) is 6.17. The number of nitrogens with two attached hydrogens (primary N) is 1. The molecule has 1 amide bonds. The van der Waals surface area contributed by atoms with Crippen molar-refractivity contribution < 1.29 is 4.79 Å². The Labute approximate surface area is 167 Å². The maximum Gasteiger partial charge on any atom is 0.224 e. The van der Waals surface area contributed by atoms with Gasteiger partial charge in [0, 0.05) is 44.3 Å². The number of anilines is 1. The standard InChI is InChI=1S/C18H29N5O.HI/c1-3-15(2)21-18(19)20-10-9-17(24)23-13-11-22(12-14-23)16-7-5-4-6-8-16;/h4-8,15H,3,9-14H2,1-2H3,(H3,19,20,21);1H. The lowest BCUT2D eigenvalue weighted by molar-refractivity contribution is -0.131. The third-order valence-electron chi connectivity index (χ3n) is 4.37. The van der Waals surface area contributed by atoms with Gasteiger partial charge < -0.3 is 20.9 Å². The van der Waals surface area contributed by atoms with Crippen LogP contribution >= 0.6 is 24.0 Å². The zero-order chi connectivity index (χ0) is 17.4. The van der Waals surface area contributed by atoms with E-state index in [4.69, 9.17) is 5.73 Å². The van der Waals surface area contributed by atoms with Gasteiger partial charge in [-0.1, -0.05) is 25.1 Å². The quantitative estimate of drug-likeness (QED) is 0.388. The average Bonchev–Trinajstić information content (AvgIpc) is 2.62. The number of para-hydroxylation sites is 1. The second kappa shape index (κ2) is 11.2. The van der Waals surface area contributed by atoms with Crippen LogP contribution in [-0.4, -0.2) is 55.5 Å². The molecule has 2 rings (SSSR count). The molecule has 0 radical (unpaired) electrons. The summed E-state index contributed by atoms with van der Waals surface area (Å²) in [6.07, 6.45) is 1.40. The first kappa shape index (κ1) is 21.5. The first-order chi connectivity index (χ1) is 11.6. The molecule has 7 heteroatoms. The number of rotatable bonds is 6. The van der Waals surface area contributed by atoms with E-state index >= 15 is 0 Å². The molecule has 0 aliphatic carbocycles. The van der Waals surface area contributed by atoms with E-state index in [9.17, 15) is 4.79 Å². The first-order valence-electron chi connectivity index (χ1n) is 8.74. The number of aliphatic imine (C=N–C) groups is 1. The van der Waals surface area contributed by atoms with Gasteiger partial charge in [0.15, 0.2) is 5.96 Å². The molecule has 1 aliphatic heterocycles. The van der Waals surface area contributed by atoms with Gasteiger partial charge in [0.05, 0.1) is 6.54 Å². The van der Waals surface area contributed by atoms with Gasteiger partial charge in [0.1, 0.15) is 0 Å². The third kappa shape index (κ3) is 7.09. The van der Waals surface area contributed by atoms with Crippen LogP contribution in [0, 0.1) is 0 Å². The van der Waals surface area contributed by atoms with Crippen LogP contribution in [0.5, 0.6) is 0 Å². The number of hydrogen-bond donors (Lipinski definition) is 2. The molecule has 3 N–H and O–H groups in total. The lowest BCUT2D eigenvalue weighted by atomic mass is 10.2. The van der Waals surface area contributed by atoms with E-state index in [0.717, 1.165) is 32.6 Å². The minimum atomic E-state index is 0. The van der Waals surface area contributed by atoms with Crippen molar-refractivity contribution in [3.63, 3.8) is 0 Å². The normalized spacial score (nSPS) is 16.2. The summed E-state index contributed by atoms with van der Waals surface area (Å²) in [4.78, 5) is 20.8. The van der Waals surface area contributed by atoms with Gasteiger partial charge in [0.25, 0.3) is 0 Å². The van der Waals surface area contributed by atoms with Crippen molar-refractivity contribution >= 4 is 41.5 Å². The fraction of sp³-hybridized carbons (Fsp3) is 0.556. The topological polar surface area (TPSA) is 74.0 Å². The Morgan fingerprint density at radius 2 is 1.88 bits per heavy atom. The van der Waals surface area contributed by atoms with Gasteiger partial charge in [-0.15, -0.1) is 24.0 Å². The number of carbonyl (C=O) groups is 1. The van der Waals surface area contributed by atoms with E-state index in [1.54, 1.807) is 0 Å². The summed E-state index contributed by atoms with van der Waals surface area (Å²) in [7, 11) is 0. The van der Waals surface area contributed by atoms with Crippen molar-refractivity contribution in [1.82, 2.24) is 10.2 Å². The summed E-state index contributed by atoms with van der Waals surface area (Å²) in [5, 5.41) is 3.10. The molecule has 140 valence electrons. The molecule has 1 aromatic carbocycles. The second-order valence-electron chi connectivity index (χ2n) is 6.17. The molecule has 1 aliphatic rings. The first-order valence-corrected chi connectivity index (χ1v) is 8.74. The minimum absolute atomic E-state index is 0. The monoisotopic (exact) mass is 459 g/mol. The van der Waals surface area contributed by atoms with Crippen LogP contribution in [0.15, 0.2) is 35.3 Å². The molecule has 1 aromatic rings. The molecule has 0 spiro atoms. The molecule has 1 unspecified atom stereocenters. The van der Waals surface area contributed by atoms with Crippen LogP contribution in [-0.2, 0) is 4.79 Å². The van der Waals surface area contributed by atoms with Crippen LogP contribution in [0.4, 0.5) is 5.69 Å². The Kier molecular flexibility index (Phi) is 9.62. The van der Waals surface area contributed by atoms with Crippen molar-refractivity contribution in [3.05, 3.63) is 30.3 Å². The zero-order valence-corrected chi connectivity index (χ0v) is 17.5. The molecule has 0 aromatic heterocycles. The van der Waals surface area contributed by atoms with Gasteiger partial charge in [0.2, 0.25) is 5.91 Å². The minimum Gasteiger partial charge on any atom is -0.370 e. The van der Waals surface area contributed by atoms with Crippen LogP contribution < -0.4 is 16.0 Å². The molecular weight excluding hydrogens is 429 g/mol. The van der Waals surface area contributed by atoms with Gasteiger partial charge >= 0.3 is 0 Å². The lowest BCUT2D eigenvalue weighted by Gasteiger charge is -2.36. The third-order valence-corrected chi connectivity index (χ3v) is 4.37. The van der Waals surface area contributed by atoms with Crippen molar-refractivity contribution in [3.8, 4) is 0 Å². The van der Waals surface area contributed by atoms with Crippen molar-refractivity contribution in [2.75, 3.05) is 37.6 Å². The number of nitrogens with zero attached hydrogens (tertiary/aromatic N) is 3. The largest absolute Gasteiger partial charge is 0.370 e. The lowest BCUT2D eigenvalue weighted by Crippen LogP contribution is -2.49. The SMILES string of the molecule is CCC(C)NC(N)=NCCC(=O)N1CCN(c2ccccc2)CC1.I. The molecule has 1 heterocycles. The summed E-state index contributed by atoms with van der Waals surface area (Å²) >= 11 is 0. The molecule has 25 heavy (non-hydrogen) atoms. The summed E-state index contributed by atoms with van der Waals surface area (Å²) in [6, 6.07) is 10.6. The summed E-state index contributed by atoms with van der Waals surface area (Å²) < 4.78 is 0. The Balaban J connectivity index is 0.00000312. The van der Waals surface area contributed by atoms with E-state index in [0.29, 0.717) is 25.0 Å². The van der Waals surface area contributed by atoms with Gasteiger partial charge in [-0.2, -0.15) is 0 Å². The number of guanidine groups is 1. The Morgan fingerprint density at radius 3 is 2.48 bits per heavy atom. The van der Waals surface area contributed by atoms with Crippen molar-refractivity contribution in [2.24, 2.45) is 10.7 Å². The maximum absolute atomic E-state index is 12.3. The van der Waals surface area contributed by atoms with Crippen LogP contribution in [0.2, 0.25) is 0 Å². The molecular formula is C18H30IN5O. The molecule has 1 saturated heterocycles. The average molecular weight is 459 g/mol. The zero-order valence-electron chi connectivity index (χ0n) is 15.1. The molecule has 1 fully saturated rings. The Bertz CT molecular complexity index is 544. The Hall–Kier alpha value is -1.51.